The van der Waals surface area contributed by atoms with Crippen molar-refractivity contribution >= 4 is 28.6 Å². The quantitative estimate of drug-likeness (QED) is 0.441. The van der Waals surface area contributed by atoms with E-state index in [0.29, 0.717) is 47.7 Å². The molecule has 3 heterocycles. The van der Waals surface area contributed by atoms with E-state index in [0.717, 1.165) is 18.5 Å². The topological polar surface area (TPSA) is 54.6 Å². The molecule has 2 aromatic heterocycles. The average molecular weight is 423 g/mol. The molecule has 7 heteroatoms. The van der Waals surface area contributed by atoms with Crippen LogP contribution in [0.3, 0.4) is 0 Å². The van der Waals surface area contributed by atoms with Crippen LogP contribution in [0.25, 0.3) is 5.52 Å². The molecule has 4 nitrogen and oxygen atoms in total. The van der Waals surface area contributed by atoms with Crippen LogP contribution in [-0.2, 0) is 4.74 Å². The van der Waals surface area contributed by atoms with Crippen LogP contribution in [0, 0.1) is 11.3 Å². The van der Waals surface area contributed by atoms with Crippen molar-refractivity contribution in [2.24, 2.45) is 5.92 Å². The van der Waals surface area contributed by atoms with Crippen molar-refractivity contribution in [1.82, 2.24) is 4.40 Å². The third-order valence-electron chi connectivity index (χ3n) is 6.08. The smallest absolute Gasteiger partial charge is 0.248 e. The predicted molar refractivity (Wildman–Crippen MR) is 109 cm³/mol. The molecule has 1 saturated carbocycles. The van der Waals surface area contributed by atoms with Gasteiger partial charge in [0, 0.05) is 43.3 Å². The molecule has 0 spiro atoms. The Bertz CT molecular complexity index is 924. The predicted octanol–water partition coefficient (Wildman–Crippen LogP) is 6.25. The first-order chi connectivity index (χ1) is 13.8. The van der Waals surface area contributed by atoms with Crippen LogP contribution in [0.4, 0.5) is 8.78 Å². The van der Waals surface area contributed by atoms with Gasteiger partial charge in [0.05, 0.1) is 22.3 Å². The molecular formula is C22H25ClF2N2O2. The number of hydrogen-bond acceptors (Lipinski definition) is 3. The number of nitrogens with zero attached hydrogens (tertiary/aromatic N) is 1. The molecule has 1 aliphatic heterocycles. The number of hydrogen-bond donors (Lipinski definition) is 1. The number of carbonyl (C=O) groups excluding carboxylic acids is 1. The number of ketones is 1. The summed E-state index contributed by atoms with van der Waals surface area (Å²) >= 11 is 6.41. The van der Waals surface area contributed by atoms with Crippen LogP contribution < -0.4 is 0 Å². The van der Waals surface area contributed by atoms with Gasteiger partial charge in [0.15, 0.2) is 5.78 Å². The first-order valence-electron chi connectivity index (χ1n) is 10.2. The van der Waals surface area contributed by atoms with Crippen molar-refractivity contribution in [2.45, 2.75) is 63.4 Å². The Morgan fingerprint density at radius 2 is 2.07 bits per heavy atom. The van der Waals surface area contributed by atoms with Gasteiger partial charge in [0.1, 0.15) is 0 Å². The summed E-state index contributed by atoms with van der Waals surface area (Å²) in [6.45, 7) is 0.701. The van der Waals surface area contributed by atoms with Gasteiger partial charge in [-0.15, -0.1) is 0 Å². The zero-order chi connectivity index (χ0) is 20.6. The lowest BCUT2D eigenvalue weighted by Crippen LogP contribution is -2.26. The molecule has 2 aromatic rings. The van der Waals surface area contributed by atoms with Gasteiger partial charge < -0.3 is 14.5 Å². The summed E-state index contributed by atoms with van der Waals surface area (Å²) in [6, 6.07) is 5.43. The molecule has 1 saturated heterocycles. The highest BCUT2D eigenvalue weighted by Crippen LogP contribution is 2.38. The zero-order valence-corrected chi connectivity index (χ0v) is 17.0. The van der Waals surface area contributed by atoms with E-state index in [2.05, 4.69) is 0 Å². The summed E-state index contributed by atoms with van der Waals surface area (Å²) < 4.78 is 34.4. The van der Waals surface area contributed by atoms with E-state index in [1.165, 1.54) is 0 Å². The average Bonchev–Trinajstić information content (AvgIpc) is 3.31. The van der Waals surface area contributed by atoms with E-state index in [4.69, 9.17) is 21.7 Å². The Kier molecular flexibility index (Phi) is 5.76. The van der Waals surface area contributed by atoms with Crippen LogP contribution in [-0.4, -0.2) is 28.4 Å². The number of pyridine rings is 1. The molecule has 0 amide bonds. The van der Waals surface area contributed by atoms with Gasteiger partial charge >= 0.3 is 0 Å². The fraction of sp³-hybridized carbons (Fsp3) is 0.545. The molecule has 0 bridgehead atoms. The largest absolute Gasteiger partial charge is 0.372 e. The van der Waals surface area contributed by atoms with E-state index in [1.807, 2.05) is 22.7 Å². The molecular weight excluding hydrogens is 398 g/mol. The van der Waals surface area contributed by atoms with Gasteiger partial charge in [-0.3, -0.25) is 4.79 Å². The van der Waals surface area contributed by atoms with Crippen molar-refractivity contribution in [3.05, 3.63) is 40.7 Å². The minimum absolute atomic E-state index is 0.0112. The van der Waals surface area contributed by atoms with Crippen molar-refractivity contribution in [3.63, 3.8) is 0 Å². The van der Waals surface area contributed by atoms with E-state index in [-0.39, 0.29) is 37.1 Å². The molecule has 29 heavy (non-hydrogen) atoms. The summed E-state index contributed by atoms with van der Waals surface area (Å²) in [5, 5.41) is 8.75. The number of halogens is 3. The highest BCUT2D eigenvalue weighted by atomic mass is 35.5. The minimum Gasteiger partial charge on any atom is -0.372 e. The maximum absolute atomic E-state index is 13.3. The number of fused-ring (bicyclic) bond motifs is 1. The lowest BCUT2D eigenvalue weighted by molar-refractivity contribution is -0.0450. The van der Waals surface area contributed by atoms with Gasteiger partial charge in [-0.1, -0.05) is 11.6 Å². The number of nitrogens with one attached hydrogen (secondary N) is 1. The van der Waals surface area contributed by atoms with E-state index >= 15 is 0 Å². The van der Waals surface area contributed by atoms with Gasteiger partial charge in [-0.2, -0.15) is 0 Å². The molecule has 2 aliphatic rings. The molecule has 1 atom stereocenters. The van der Waals surface area contributed by atoms with Crippen molar-refractivity contribution in [1.29, 1.82) is 5.41 Å². The lowest BCUT2D eigenvalue weighted by atomic mass is 9.83. The van der Waals surface area contributed by atoms with Crippen molar-refractivity contribution < 1.29 is 18.3 Å². The SMILES string of the molecule is N=C(CC(=O)c1cc(C2CCCO2)n2cccc(Cl)c12)CC1CCC(F)(F)CC1. The lowest BCUT2D eigenvalue weighted by Gasteiger charge is -2.28. The third kappa shape index (κ3) is 4.38. The first kappa shape index (κ1) is 20.5. The molecule has 0 radical (unpaired) electrons. The van der Waals surface area contributed by atoms with E-state index in [1.54, 1.807) is 6.07 Å². The fourth-order valence-electron chi connectivity index (χ4n) is 4.53. The monoisotopic (exact) mass is 422 g/mol. The van der Waals surface area contributed by atoms with Gasteiger partial charge in [-0.25, -0.2) is 8.78 Å². The highest BCUT2D eigenvalue weighted by Gasteiger charge is 2.35. The van der Waals surface area contributed by atoms with Gasteiger partial charge in [-0.05, 0) is 56.2 Å². The summed E-state index contributed by atoms with van der Waals surface area (Å²) in [4.78, 5) is 13.0. The number of rotatable bonds is 6. The molecule has 4 rings (SSSR count). The standard InChI is InChI=1S/C22H25ClF2N2O2/c23-17-3-1-9-27-18(20-4-2-10-29-20)13-16(21(17)27)19(28)12-15(26)11-14-5-7-22(24,25)8-6-14/h1,3,9,13-14,20,26H,2,4-8,10-12H2. The Hall–Kier alpha value is -1.79. The molecule has 1 unspecified atom stereocenters. The maximum Gasteiger partial charge on any atom is 0.248 e. The summed E-state index contributed by atoms with van der Waals surface area (Å²) in [6.07, 6.45) is 4.66. The zero-order valence-electron chi connectivity index (χ0n) is 16.2. The third-order valence-corrected chi connectivity index (χ3v) is 6.38. The maximum atomic E-state index is 13.3. The summed E-state index contributed by atoms with van der Waals surface area (Å²) in [5.41, 5.74) is 2.36. The fourth-order valence-corrected chi connectivity index (χ4v) is 4.79. The second-order valence-electron chi connectivity index (χ2n) is 8.27. The number of Topliss-reactive ketones (excluding diaryl/α,β-unsaturated/α-hetero) is 1. The molecule has 1 aliphatic carbocycles. The Morgan fingerprint density at radius 1 is 1.31 bits per heavy atom. The Morgan fingerprint density at radius 3 is 2.76 bits per heavy atom. The van der Waals surface area contributed by atoms with E-state index < -0.39 is 5.92 Å². The normalized spacial score (nSPS) is 22.2. The minimum atomic E-state index is -2.57. The number of aromatic nitrogens is 1. The molecule has 2 fully saturated rings. The van der Waals surface area contributed by atoms with Crippen LogP contribution in [0.1, 0.15) is 73.5 Å². The Balaban J connectivity index is 1.50. The van der Waals surface area contributed by atoms with Gasteiger partial charge in [0.2, 0.25) is 5.92 Å². The van der Waals surface area contributed by atoms with Gasteiger partial charge in [0.25, 0.3) is 0 Å². The summed E-state index contributed by atoms with van der Waals surface area (Å²) in [7, 11) is 0. The van der Waals surface area contributed by atoms with Crippen LogP contribution >= 0.6 is 11.6 Å². The Labute approximate surface area is 173 Å². The highest BCUT2D eigenvalue weighted by molar-refractivity contribution is 6.35. The first-order valence-corrected chi connectivity index (χ1v) is 10.6. The van der Waals surface area contributed by atoms with Crippen LogP contribution in [0.2, 0.25) is 5.02 Å². The van der Waals surface area contributed by atoms with Crippen LogP contribution in [0.15, 0.2) is 24.4 Å². The number of ether oxygens (including phenoxy) is 1. The van der Waals surface area contributed by atoms with E-state index in [9.17, 15) is 13.6 Å². The number of alkyl halides is 2. The molecule has 0 aromatic carbocycles. The number of carbonyl (C=O) groups is 1. The second-order valence-corrected chi connectivity index (χ2v) is 8.67. The molecule has 156 valence electrons. The van der Waals surface area contributed by atoms with Crippen LogP contribution in [0.5, 0.6) is 0 Å². The van der Waals surface area contributed by atoms with Crippen molar-refractivity contribution in [2.75, 3.05) is 6.61 Å². The second kappa shape index (κ2) is 8.15. The van der Waals surface area contributed by atoms with Crippen molar-refractivity contribution in [3.8, 4) is 0 Å². The summed E-state index contributed by atoms with van der Waals surface area (Å²) in [5.74, 6) is -2.67. The molecule has 1 N–H and O–H groups in total.